The molecule has 1 saturated heterocycles. The molecule has 0 amide bonds. The summed E-state index contributed by atoms with van der Waals surface area (Å²) in [5, 5.41) is 6.61. The van der Waals surface area contributed by atoms with Crippen molar-refractivity contribution in [3.05, 3.63) is 29.8 Å². The van der Waals surface area contributed by atoms with Gasteiger partial charge in [-0.05, 0) is 45.4 Å². The molecule has 1 aliphatic heterocycles. The Bertz CT molecular complexity index is 513. The minimum Gasteiger partial charge on any atom is -0.492 e. The molecule has 0 radical (unpaired) electrons. The van der Waals surface area contributed by atoms with Gasteiger partial charge in [-0.25, -0.2) is 0 Å². The third-order valence-corrected chi connectivity index (χ3v) is 4.28. The molecule has 0 saturated carbocycles. The number of unbranched alkanes of at least 4 members (excludes halogenated alkanes) is 1. The number of hydrogen-bond acceptors (Lipinski definition) is 4. The number of rotatable bonds is 10. The number of nitrogens with one attached hydrogen (secondary N) is 2. The number of aryl methyl sites for hydroxylation is 1. The van der Waals surface area contributed by atoms with Crippen LogP contribution in [0.15, 0.2) is 29.3 Å². The lowest BCUT2D eigenvalue weighted by molar-refractivity contribution is 0.0373. The SMILES string of the molecule is CCNC(=NCCCCN1CCOCC1)NCCOc1ccc(C)cc1. The van der Waals surface area contributed by atoms with Crippen molar-refractivity contribution in [2.45, 2.75) is 26.7 Å². The van der Waals surface area contributed by atoms with Gasteiger partial charge in [0.05, 0.1) is 19.8 Å². The van der Waals surface area contributed by atoms with Crippen molar-refractivity contribution in [3.8, 4) is 5.75 Å². The van der Waals surface area contributed by atoms with Crippen LogP contribution in [0.5, 0.6) is 5.75 Å². The standard InChI is InChI=1S/C20H34N4O2/c1-3-21-20(22-10-4-5-12-24-13-16-25-17-14-24)23-11-15-26-19-8-6-18(2)7-9-19/h6-9H,3-5,10-17H2,1-2H3,(H2,21,22,23). The van der Waals surface area contributed by atoms with E-state index in [0.717, 1.165) is 70.6 Å². The van der Waals surface area contributed by atoms with Gasteiger partial charge in [-0.2, -0.15) is 0 Å². The molecule has 2 N–H and O–H groups in total. The van der Waals surface area contributed by atoms with Crippen LogP contribution < -0.4 is 15.4 Å². The highest BCUT2D eigenvalue weighted by molar-refractivity contribution is 5.79. The van der Waals surface area contributed by atoms with Gasteiger partial charge in [0.2, 0.25) is 0 Å². The second-order valence-electron chi connectivity index (χ2n) is 6.51. The minimum atomic E-state index is 0.616. The molecule has 0 aromatic heterocycles. The Hall–Kier alpha value is -1.79. The summed E-state index contributed by atoms with van der Waals surface area (Å²) in [7, 11) is 0. The zero-order chi connectivity index (χ0) is 18.5. The maximum Gasteiger partial charge on any atom is 0.191 e. The van der Waals surface area contributed by atoms with Crippen molar-refractivity contribution in [1.29, 1.82) is 0 Å². The van der Waals surface area contributed by atoms with E-state index in [4.69, 9.17) is 9.47 Å². The van der Waals surface area contributed by atoms with Crippen molar-refractivity contribution in [1.82, 2.24) is 15.5 Å². The third kappa shape index (κ3) is 8.54. The van der Waals surface area contributed by atoms with Crippen LogP contribution in [-0.2, 0) is 4.74 Å². The van der Waals surface area contributed by atoms with E-state index < -0.39 is 0 Å². The van der Waals surface area contributed by atoms with Crippen molar-refractivity contribution in [2.24, 2.45) is 4.99 Å². The molecule has 2 rings (SSSR count). The van der Waals surface area contributed by atoms with Crippen LogP contribution in [0.4, 0.5) is 0 Å². The molecule has 26 heavy (non-hydrogen) atoms. The lowest BCUT2D eigenvalue weighted by atomic mass is 10.2. The number of hydrogen-bond donors (Lipinski definition) is 2. The number of guanidine groups is 1. The fourth-order valence-corrected chi connectivity index (χ4v) is 2.78. The fourth-order valence-electron chi connectivity index (χ4n) is 2.78. The Morgan fingerprint density at radius 2 is 1.92 bits per heavy atom. The molecule has 1 aromatic carbocycles. The van der Waals surface area contributed by atoms with E-state index >= 15 is 0 Å². The van der Waals surface area contributed by atoms with Gasteiger partial charge in [-0.3, -0.25) is 9.89 Å². The lowest BCUT2D eigenvalue weighted by Crippen LogP contribution is -2.39. The number of morpholine rings is 1. The Balaban J connectivity index is 1.58. The molecule has 1 aliphatic rings. The quantitative estimate of drug-likeness (QED) is 0.379. The maximum absolute atomic E-state index is 5.74. The van der Waals surface area contributed by atoms with Crippen molar-refractivity contribution in [2.75, 3.05) is 59.1 Å². The number of ether oxygens (including phenoxy) is 2. The van der Waals surface area contributed by atoms with Gasteiger partial charge in [-0.15, -0.1) is 0 Å². The Labute approximate surface area is 158 Å². The molecule has 1 fully saturated rings. The van der Waals surface area contributed by atoms with Gasteiger partial charge in [-0.1, -0.05) is 17.7 Å². The average Bonchev–Trinajstić information content (AvgIpc) is 2.67. The summed E-state index contributed by atoms with van der Waals surface area (Å²) in [5.74, 6) is 1.77. The average molecular weight is 363 g/mol. The van der Waals surface area contributed by atoms with Crippen LogP contribution in [0.1, 0.15) is 25.3 Å². The highest BCUT2D eigenvalue weighted by atomic mass is 16.5. The molecule has 1 aromatic rings. The summed E-state index contributed by atoms with van der Waals surface area (Å²) in [4.78, 5) is 7.12. The number of aliphatic imine (C=N–C) groups is 1. The van der Waals surface area contributed by atoms with E-state index in [1.807, 2.05) is 12.1 Å². The van der Waals surface area contributed by atoms with Crippen LogP contribution in [0.2, 0.25) is 0 Å². The molecule has 0 atom stereocenters. The molecule has 0 aliphatic carbocycles. The summed E-state index contributed by atoms with van der Waals surface area (Å²) in [6.45, 7) is 12.2. The maximum atomic E-state index is 5.74. The van der Waals surface area contributed by atoms with Crippen LogP contribution in [0.3, 0.4) is 0 Å². The second kappa shape index (κ2) is 12.5. The van der Waals surface area contributed by atoms with E-state index in [1.54, 1.807) is 0 Å². The predicted molar refractivity (Wildman–Crippen MR) is 107 cm³/mol. The Kier molecular flexibility index (Phi) is 9.90. The van der Waals surface area contributed by atoms with Crippen LogP contribution >= 0.6 is 0 Å². The summed E-state index contributed by atoms with van der Waals surface area (Å²) >= 11 is 0. The fraction of sp³-hybridized carbons (Fsp3) is 0.650. The zero-order valence-corrected chi connectivity index (χ0v) is 16.3. The second-order valence-corrected chi connectivity index (χ2v) is 6.51. The largest absolute Gasteiger partial charge is 0.492 e. The molecule has 6 nitrogen and oxygen atoms in total. The van der Waals surface area contributed by atoms with E-state index in [1.165, 1.54) is 12.0 Å². The van der Waals surface area contributed by atoms with Crippen molar-refractivity contribution < 1.29 is 9.47 Å². The lowest BCUT2D eigenvalue weighted by Gasteiger charge is -2.26. The predicted octanol–water partition coefficient (Wildman–Crippen LogP) is 2.04. The number of benzene rings is 1. The number of nitrogens with zero attached hydrogens (tertiary/aromatic N) is 2. The van der Waals surface area contributed by atoms with E-state index in [9.17, 15) is 0 Å². The molecule has 0 spiro atoms. The van der Waals surface area contributed by atoms with Crippen molar-refractivity contribution >= 4 is 5.96 Å². The topological polar surface area (TPSA) is 58.1 Å². The van der Waals surface area contributed by atoms with Gasteiger partial charge in [0.15, 0.2) is 5.96 Å². The monoisotopic (exact) mass is 362 g/mol. The summed E-state index contributed by atoms with van der Waals surface area (Å²) in [6.07, 6.45) is 2.28. The molecule has 0 unspecified atom stereocenters. The van der Waals surface area contributed by atoms with Crippen molar-refractivity contribution in [3.63, 3.8) is 0 Å². The van der Waals surface area contributed by atoms with Gasteiger partial charge >= 0.3 is 0 Å². The van der Waals surface area contributed by atoms with E-state index in [-0.39, 0.29) is 0 Å². The first-order chi connectivity index (χ1) is 12.8. The first-order valence-electron chi connectivity index (χ1n) is 9.79. The third-order valence-electron chi connectivity index (χ3n) is 4.28. The smallest absolute Gasteiger partial charge is 0.191 e. The molecule has 1 heterocycles. The Morgan fingerprint density at radius 1 is 1.15 bits per heavy atom. The first-order valence-corrected chi connectivity index (χ1v) is 9.79. The molecule has 0 bridgehead atoms. The summed E-state index contributed by atoms with van der Waals surface area (Å²) in [5.41, 5.74) is 1.24. The highest BCUT2D eigenvalue weighted by Crippen LogP contribution is 2.10. The van der Waals surface area contributed by atoms with Crippen LogP contribution in [0, 0.1) is 6.92 Å². The summed E-state index contributed by atoms with van der Waals surface area (Å²) in [6, 6.07) is 8.13. The molecule has 6 heteroatoms. The Morgan fingerprint density at radius 3 is 2.65 bits per heavy atom. The molecule has 146 valence electrons. The van der Waals surface area contributed by atoms with Crippen LogP contribution in [0.25, 0.3) is 0 Å². The van der Waals surface area contributed by atoms with Gasteiger partial charge < -0.3 is 20.1 Å². The normalized spacial score (nSPS) is 15.7. The molecular formula is C20H34N4O2. The summed E-state index contributed by atoms with van der Waals surface area (Å²) < 4.78 is 11.1. The first kappa shape index (κ1) is 20.5. The van der Waals surface area contributed by atoms with Gasteiger partial charge in [0, 0.05) is 26.2 Å². The van der Waals surface area contributed by atoms with Crippen LogP contribution in [-0.4, -0.2) is 69.9 Å². The minimum absolute atomic E-state index is 0.616. The van der Waals surface area contributed by atoms with Gasteiger partial charge in [0.25, 0.3) is 0 Å². The van der Waals surface area contributed by atoms with E-state index in [2.05, 4.69) is 46.5 Å². The highest BCUT2D eigenvalue weighted by Gasteiger charge is 2.08. The zero-order valence-electron chi connectivity index (χ0n) is 16.3. The molecular weight excluding hydrogens is 328 g/mol. The van der Waals surface area contributed by atoms with E-state index in [0.29, 0.717) is 6.61 Å². The van der Waals surface area contributed by atoms with Gasteiger partial charge in [0.1, 0.15) is 12.4 Å².